The highest BCUT2D eigenvalue weighted by atomic mass is 79.9. The molecule has 0 bridgehead atoms. The van der Waals surface area contributed by atoms with Crippen molar-refractivity contribution in [2.24, 2.45) is 5.92 Å². The standard InChI is InChI=1S/C17H17BrN2O3/c18-13-5-1-6-14(10-13)19-16(21)12-4-2-8-20(11-12)17(22)15-7-3-9-23-15/h1,3,5-7,9-10,12H,2,4,8,11H2,(H,19,21). The zero-order chi connectivity index (χ0) is 16.2. The number of furan rings is 1. The average molecular weight is 377 g/mol. The molecule has 1 atom stereocenters. The first kappa shape index (κ1) is 15.8. The molecule has 1 aromatic carbocycles. The maximum absolute atomic E-state index is 12.4. The molecule has 23 heavy (non-hydrogen) atoms. The number of carbonyl (C=O) groups excluding carboxylic acids is 2. The summed E-state index contributed by atoms with van der Waals surface area (Å²) in [5.74, 6) is -0.102. The number of hydrogen-bond donors (Lipinski definition) is 1. The van der Waals surface area contributed by atoms with Crippen molar-refractivity contribution in [2.75, 3.05) is 18.4 Å². The number of nitrogens with one attached hydrogen (secondary N) is 1. The minimum atomic E-state index is -0.207. The summed E-state index contributed by atoms with van der Waals surface area (Å²) in [6, 6.07) is 10.8. The third-order valence-corrected chi connectivity index (χ3v) is 4.40. The van der Waals surface area contributed by atoms with Gasteiger partial charge in [0, 0.05) is 23.2 Å². The first-order chi connectivity index (χ1) is 11.1. The molecule has 1 aromatic heterocycles. The summed E-state index contributed by atoms with van der Waals surface area (Å²) >= 11 is 3.38. The van der Waals surface area contributed by atoms with Gasteiger partial charge in [0.15, 0.2) is 5.76 Å². The zero-order valence-electron chi connectivity index (χ0n) is 12.5. The molecule has 6 heteroatoms. The van der Waals surface area contributed by atoms with Crippen LogP contribution in [0.5, 0.6) is 0 Å². The van der Waals surface area contributed by atoms with Crippen LogP contribution in [0.3, 0.4) is 0 Å². The lowest BCUT2D eigenvalue weighted by Crippen LogP contribution is -2.43. The summed E-state index contributed by atoms with van der Waals surface area (Å²) in [5, 5.41) is 2.92. The van der Waals surface area contributed by atoms with E-state index in [1.54, 1.807) is 17.0 Å². The van der Waals surface area contributed by atoms with Crippen LogP contribution in [0.4, 0.5) is 5.69 Å². The highest BCUT2D eigenvalue weighted by Crippen LogP contribution is 2.22. The number of amides is 2. The van der Waals surface area contributed by atoms with Gasteiger partial charge in [0.25, 0.3) is 5.91 Å². The lowest BCUT2D eigenvalue weighted by molar-refractivity contribution is -0.121. The van der Waals surface area contributed by atoms with E-state index < -0.39 is 0 Å². The Balaban J connectivity index is 1.64. The second-order valence-electron chi connectivity index (χ2n) is 5.57. The lowest BCUT2D eigenvalue weighted by atomic mass is 9.96. The fraction of sp³-hybridized carbons (Fsp3) is 0.294. The van der Waals surface area contributed by atoms with Crippen LogP contribution in [0, 0.1) is 5.92 Å². The molecule has 2 aromatic rings. The average Bonchev–Trinajstić information content (AvgIpc) is 3.09. The number of anilines is 1. The summed E-state index contributed by atoms with van der Waals surface area (Å²) in [5.41, 5.74) is 0.749. The van der Waals surface area contributed by atoms with Gasteiger partial charge < -0.3 is 14.6 Å². The van der Waals surface area contributed by atoms with E-state index in [0.29, 0.717) is 18.8 Å². The molecule has 1 fully saturated rings. The van der Waals surface area contributed by atoms with E-state index in [1.807, 2.05) is 24.3 Å². The largest absolute Gasteiger partial charge is 0.459 e. The number of nitrogens with zero attached hydrogens (tertiary/aromatic N) is 1. The van der Waals surface area contributed by atoms with Crippen LogP contribution >= 0.6 is 15.9 Å². The Labute approximate surface area is 142 Å². The van der Waals surface area contributed by atoms with E-state index in [0.717, 1.165) is 23.0 Å². The van der Waals surface area contributed by atoms with Crippen molar-refractivity contribution in [2.45, 2.75) is 12.8 Å². The third-order valence-electron chi connectivity index (χ3n) is 3.90. The number of halogens is 1. The van der Waals surface area contributed by atoms with Gasteiger partial charge in [-0.25, -0.2) is 0 Å². The Morgan fingerprint density at radius 3 is 2.87 bits per heavy atom. The molecule has 1 saturated heterocycles. The summed E-state index contributed by atoms with van der Waals surface area (Å²) in [4.78, 5) is 26.5. The number of benzene rings is 1. The summed E-state index contributed by atoms with van der Waals surface area (Å²) in [7, 11) is 0. The van der Waals surface area contributed by atoms with E-state index in [2.05, 4.69) is 21.2 Å². The number of carbonyl (C=O) groups is 2. The first-order valence-corrected chi connectivity index (χ1v) is 8.32. The molecule has 2 amide bonds. The van der Waals surface area contributed by atoms with Gasteiger partial charge in [-0.3, -0.25) is 9.59 Å². The van der Waals surface area contributed by atoms with Crippen LogP contribution in [0.2, 0.25) is 0 Å². The molecule has 1 aliphatic heterocycles. The van der Waals surface area contributed by atoms with Gasteiger partial charge in [-0.2, -0.15) is 0 Å². The van der Waals surface area contributed by atoms with Gasteiger partial charge in [0.1, 0.15) is 0 Å². The van der Waals surface area contributed by atoms with Crippen molar-refractivity contribution in [1.82, 2.24) is 4.90 Å². The fourth-order valence-corrected chi connectivity index (χ4v) is 3.14. The Bertz CT molecular complexity index is 700. The number of hydrogen-bond acceptors (Lipinski definition) is 3. The van der Waals surface area contributed by atoms with Crippen molar-refractivity contribution in [1.29, 1.82) is 0 Å². The molecular formula is C17H17BrN2O3. The maximum atomic E-state index is 12.4. The lowest BCUT2D eigenvalue weighted by Gasteiger charge is -2.31. The van der Waals surface area contributed by atoms with Gasteiger partial charge in [-0.15, -0.1) is 0 Å². The normalized spacial score (nSPS) is 17.8. The summed E-state index contributed by atoms with van der Waals surface area (Å²) in [6.07, 6.45) is 3.07. The SMILES string of the molecule is O=C(Nc1cccc(Br)c1)C1CCCN(C(=O)c2ccco2)C1. The van der Waals surface area contributed by atoms with Gasteiger partial charge in [-0.05, 0) is 43.2 Å². The summed E-state index contributed by atoms with van der Waals surface area (Å²) in [6.45, 7) is 1.07. The van der Waals surface area contributed by atoms with E-state index in [1.165, 1.54) is 6.26 Å². The minimum Gasteiger partial charge on any atom is -0.459 e. The minimum absolute atomic E-state index is 0.0555. The number of rotatable bonds is 3. The van der Waals surface area contributed by atoms with E-state index in [4.69, 9.17) is 4.42 Å². The molecule has 3 rings (SSSR count). The Morgan fingerprint density at radius 1 is 1.26 bits per heavy atom. The molecular weight excluding hydrogens is 360 g/mol. The molecule has 5 nitrogen and oxygen atoms in total. The highest BCUT2D eigenvalue weighted by Gasteiger charge is 2.29. The molecule has 120 valence electrons. The first-order valence-electron chi connectivity index (χ1n) is 7.52. The van der Waals surface area contributed by atoms with E-state index in [-0.39, 0.29) is 17.7 Å². The Kier molecular flexibility index (Phi) is 4.81. The molecule has 0 saturated carbocycles. The number of likely N-dealkylation sites (tertiary alicyclic amines) is 1. The third kappa shape index (κ3) is 3.82. The van der Waals surface area contributed by atoms with E-state index in [9.17, 15) is 9.59 Å². The van der Waals surface area contributed by atoms with Crippen LogP contribution in [0.15, 0.2) is 51.6 Å². The number of piperidine rings is 1. The smallest absolute Gasteiger partial charge is 0.289 e. The van der Waals surface area contributed by atoms with Gasteiger partial charge in [0.2, 0.25) is 5.91 Å². The van der Waals surface area contributed by atoms with Crippen molar-refractivity contribution < 1.29 is 14.0 Å². The van der Waals surface area contributed by atoms with Gasteiger partial charge in [-0.1, -0.05) is 22.0 Å². The van der Waals surface area contributed by atoms with Crippen molar-refractivity contribution in [3.63, 3.8) is 0 Å². The van der Waals surface area contributed by atoms with Gasteiger partial charge >= 0.3 is 0 Å². The molecule has 0 spiro atoms. The Morgan fingerprint density at radius 2 is 2.13 bits per heavy atom. The second kappa shape index (κ2) is 7.00. The van der Waals surface area contributed by atoms with Crippen LogP contribution in [0.1, 0.15) is 23.4 Å². The highest BCUT2D eigenvalue weighted by molar-refractivity contribution is 9.10. The molecule has 1 N–H and O–H groups in total. The monoisotopic (exact) mass is 376 g/mol. The van der Waals surface area contributed by atoms with Gasteiger partial charge in [0.05, 0.1) is 12.2 Å². The van der Waals surface area contributed by atoms with E-state index >= 15 is 0 Å². The fourth-order valence-electron chi connectivity index (χ4n) is 2.74. The summed E-state index contributed by atoms with van der Waals surface area (Å²) < 4.78 is 6.07. The zero-order valence-corrected chi connectivity index (χ0v) is 14.1. The molecule has 0 radical (unpaired) electrons. The molecule has 1 unspecified atom stereocenters. The predicted octanol–water partition coefficient (Wildman–Crippen LogP) is 3.53. The van der Waals surface area contributed by atoms with Crippen LogP contribution < -0.4 is 5.32 Å². The molecule has 1 aliphatic rings. The van der Waals surface area contributed by atoms with Crippen LogP contribution in [-0.2, 0) is 4.79 Å². The Hall–Kier alpha value is -2.08. The molecule has 2 heterocycles. The molecule has 0 aliphatic carbocycles. The van der Waals surface area contributed by atoms with Crippen LogP contribution in [0.25, 0.3) is 0 Å². The quantitative estimate of drug-likeness (QED) is 0.890. The van der Waals surface area contributed by atoms with Crippen molar-refractivity contribution in [3.8, 4) is 0 Å². The predicted molar refractivity (Wildman–Crippen MR) is 90.1 cm³/mol. The topological polar surface area (TPSA) is 62.6 Å². The van der Waals surface area contributed by atoms with Crippen molar-refractivity contribution >= 4 is 33.4 Å². The van der Waals surface area contributed by atoms with Crippen LogP contribution in [-0.4, -0.2) is 29.8 Å². The second-order valence-corrected chi connectivity index (χ2v) is 6.48. The maximum Gasteiger partial charge on any atom is 0.289 e. The van der Waals surface area contributed by atoms with Crippen molar-refractivity contribution in [3.05, 3.63) is 52.9 Å².